The number of anilines is 1. The van der Waals surface area contributed by atoms with Crippen LogP contribution >= 0.6 is 0 Å². The molecule has 0 atom stereocenters. The van der Waals surface area contributed by atoms with E-state index in [0.717, 1.165) is 11.6 Å². The van der Waals surface area contributed by atoms with Crippen molar-refractivity contribution in [3.63, 3.8) is 0 Å². The molecule has 5 heteroatoms. The van der Waals surface area contributed by atoms with E-state index in [2.05, 4.69) is 0 Å². The first-order valence-electron chi connectivity index (χ1n) is 6.06. The molecular formula is C15H15FN2O2. The first kappa shape index (κ1) is 13.9. The zero-order valence-electron chi connectivity index (χ0n) is 11.0. The van der Waals surface area contributed by atoms with Gasteiger partial charge in [-0.25, -0.2) is 4.39 Å². The molecule has 0 heterocycles. The normalized spacial score (nSPS) is 10.3. The summed E-state index contributed by atoms with van der Waals surface area (Å²) in [5.41, 5.74) is 6.81. The van der Waals surface area contributed by atoms with Gasteiger partial charge in [0.1, 0.15) is 11.6 Å². The zero-order valence-corrected chi connectivity index (χ0v) is 11.0. The summed E-state index contributed by atoms with van der Waals surface area (Å²) in [6, 6.07) is 10.3. The topological polar surface area (TPSA) is 66.6 Å². The number of halogens is 1. The second kappa shape index (κ2) is 5.61. The maximum absolute atomic E-state index is 13.0. The maximum atomic E-state index is 13.0. The quantitative estimate of drug-likeness (QED) is 0.844. The van der Waals surface area contributed by atoms with Crippen molar-refractivity contribution >= 4 is 11.6 Å². The number of carbonyl (C=O) groups excluding carboxylic acids is 1. The Kier molecular flexibility index (Phi) is 3.89. The van der Waals surface area contributed by atoms with Crippen molar-refractivity contribution in [3.05, 3.63) is 59.4 Å². The average Bonchev–Trinajstić information content (AvgIpc) is 2.38. The third kappa shape index (κ3) is 3.06. The lowest BCUT2D eigenvalue weighted by molar-refractivity contribution is 0.0786. The summed E-state index contributed by atoms with van der Waals surface area (Å²) in [4.78, 5) is 13.7. The Balaban J connectivity index is 2.16. The molecule has 2 aromatic rings. The molecule has 0 bridgehead atoms. The molecule has 0 aliphatic rings. The van der Waals surface area contributed by atoms with Gasteiger partial charge < -0.3 is 15.7 Å². The van der Waals surface area contributed by atoms with Crippen LogP contribution < -0.4 is 5.73 Å². The lowest BCUT2D eigenvalue weighted by atomic mass is 10.1. The number of phenolic OH excluding ortho intramolecular Hbond substituents is 1. The Morgan fingerprint density at radius 1 is 1.30 bits per heavy atom. The molecule has 4 nitrogen and oxygen atoms in total. The van der Waals surface area contributed by atoms with E-state index in [1.54, 1.807) is 31.3 Å². The predicted octanol–water partition coefficient (Wildman–Crippen LogP) is 2.39. The fourth-order valence-corrected chi connectivity index (χ4v) is 1.93. The molecule has 0 fully saturated rings. The highest BCUT2D eigenvalue weighted by Gasteiger charge is 2.15. The minimum absolute atomic E-state index is 0.109. The van der Waals surface area contributed by atoms with Gasteiger partial charge in [0.15, 0.2) is 0 Å². The van der Waals surface area contributed by atoms with E-state index in [1.165, 1.54) is 17.0 Å². The minimum atomic E-state index is -0.477. The molecule has 0 radical (unpaired) electrons. The number of hydrogen-bond donors (Lipinski definition) is 2. The monoisotopic (exact) mass is 274 g/mol. The molecule has 0 saturated heterocycles. The molecule has 0 aromatic heterocycles. The van der Waals surface area contributed by atoms with E-state index in [1.807, 2.05) is 0 Å². The Morgan fingerprint density at radius 2 is 2.05 bits per heavy atom. The Morgan fingerprint density at radius 3 is 2.70 bits per heavy atom. The molecule has 0 spiro atoms. The van der Waals surface area contributed by atoms with Crippen LogP contribution in [0.4, 0.5) is 10.1 Å². The molecule has 0 aliphatic heterocycles. The van der Waals surface area contributed by atoms with Gasteiger partial charge in [0, 0.05) is 19.3 Å². The van der Waals surface area contributed by atoms with Gasteiger partial charge in [-0.05, 0) is 35.9 Å². The van der Waals surface area contributed by atoms with Crippen LogP contribution in [0.2, 0.25) is 0 Å². The van der Waals surface area contributed by atoms with Crippen molar-refractivity contribution in [2.24, 2.45) is 0 Å². The van der Waals surface area contributed by atoms with Crippen molar-refractivity contribution < 1.29 is 14.3 Å². The summed E-state index contributed by atoms with van der Waals surface area (Å²) in [7, 11) is 1.62. The van der Waals surface area contributed by atoms with E-state index >= 15 is 0 Å². The highest BCUT2D eigenvalue weighted by Crippen LogP contribution is 2.17. The molecule has 20 heavy (non-hydrogen) atoms. The summed E-state index contributed by atoms with van der Waals surface area (Å²) >= 11 is 0. The van der Waals surface area contributed by atoms with Crippen molar-refractivity contribution in [1.29, 1.82) is 0 Å². The van der Waals surface area contributed by atoms with Crippen LogP contribution in [0, 0.1) is 5.82 Å². The van der Waals surface area contributed by atoms with Crippen LogP contribution in [0.3, 0.4) is 0 Å². The lowest BCUT2D eigenvalue weighted by Gasteiger charge is -2.18. The summed E-state index contributed by atoms with van der Waals surface area (Å²) in [5, 5.41) is 9.39. The number of aromatic hydroxyl groups is 1. The van der Waals surface area contributed by atoms with Gasteiger partial charge in [-0.2, -0.15) is 0 Å². The number of benzene rings is 2. The smallest absolute Gasteiger partial charge is 0.255 e. The number of carbonyl (C=O) groups is 1. The largest absolute Gasteiger partial charge is 0.508 e. The molecule has 2 aromatic carbocycles. The molecule has 2 rings (SSSR count). The van der Waals surface area contributed by atoms with Gasteiger partial charge in [0.25, 0.3) is 5.91 Å². The number of nitrogens with two attached hydrogens (primary N) is 1. The fraction of sp³-hybridized carbons (Fsp3) is 0.133. The van der Waals surface area contributed by atoms with Crippen LogP contribution in [0.5, 0.6) is 5.75 Å². The third-order valence-electron chi connectivity index (χ3n) is 2.92. The number of amides is 1. The number of nitrogen functional groups attached to an aromatic ring is 1. The van der Waals surface area contributed by atoms with Gasteiger partial charge >= 0.3 is 0 Å². The number of hydrogen-bond acceptors (Lipinski definition) is 3. The van der Waals surface area contributed by atoms with E-state index < -0.39 is 5.82 Å². The molecule has 104 valence electrons. The van der Waals surface area contributed by atoms with Crippen molar-refractivity contribution in [2.75, 3.05) is 12.8 Å². The third-order valence-corrected chi connectivity index (χ3v) is 2.92. The maximum Gasteiger partial charge on any atom is 0.255 e. The highest BCUT2D eigenvalue weighted by atomic mass is 19.1. The van der Waals surface area contributed by atoms with Gasteiger partial charge in [0.2, 0.25) is 0 Å². The van der Waals surface area contributed by atoms with Crippen LogP contribution in [-0.2, 0) is 6.54 Å². The number of nitrogens with zero attached hydrogens (tertiary/aromatic N) is 1. The Hall–Kier alpha value is -2.56. The van der Waals surface area contributed by atoms with Gasteiger partial charge in [-0.15, -0.1) is 0 Å². The van der Waals surface area contributed by atoms with Gasteiger partial charge in [0.05, 0.1) is 5.56 Å². The first-order chi connectivity index (χ1) is 9.47. The van der Waals surface area contributed by atoms with Crippen molar-refractivity contribution in [1.82, 2.24) is 4.90 Å². The summed E-state index contributed by atoms with van der Waals surface area (Å²) < 4.78 is 13.0. The molecule has 0 unspecified atom stereocenters. The fourth-order valence-electron chi connectivity index (χ4n) is 1.93. The molecule has 1 amide bonds. The highest BCUT2D eigenvalue weighted by molar-refractivity contribution is 5.98. The van der Waals surface area contributed by atoms with E-state index in [4.69, 9.17) is 5.73 Å². The van der Waals surface area contributed by atoms with Crippen LogP contribution in [0.1, 0.15) is 15.9 Å². The SMILES string of the molecule is CN(Cc1cccc(O)c1)C(=O)c1ccc(F)cc1N. The second-order valence-electron chi connectivity index (χ2n) is 4.56. The predicted molar refractivity (Wildman–Crippen MR) is 74.7 cm³/mol. The molecule has 0 aliphatic carbocycles. The second-order valence-corrected chi connectivity index (χ2v) is 4.56. The lowest BCUT2D eigenvalue weighted by Crippen LogP contribution is -2.27. The van der Waals surface area contributed by atoms with Gasteiger partial charge in [-0.3, -0.25) is 4.79 Å². The standard InChI is InChI=1S/C15H15FN2O2/c1-18(9-10-3-2-4-12(19)7-10)15(20)13-6-5-11(16)8-14(13)17/h2-8,19H,9,17H2,1H3. The Bertz CT molecular complexity index is 644. The minimum Gasteiger partial charge on any atom is -0.508 e. The first-order valence-corrected chi connectivity index (χ1v) is 6.06. The van der Waals surface area contributed by atoms with E-state index in [-0.39, 0.29) is 22.9 Å². The van der Waals surface area contributed by atoms with E-state index in [9.17, 15) is 14.3 Å². The van der Waals surface area contributed by atoms with Crippen molar-refractivity contribution in [2.45, 2.75) is 6.54 Å². The van der Waals surface area contributed by atoms with Crippen LogP contribution in [-0.4, -0.2) is 23.0 Å². The molecule has 0 saturated carbocycles. The van der Waals surface area contributed by atoms with Gasteiger partial charge in [-0.1, -0.05) is 12.1 Å². The molecule has 3 N–H and O–H groups in total. The summed E-state index contributed by atoms with van der Waals surface area (Å²) in [6.45, 7) is 0.323. The Labute approximate surface area is 116 Å². The summed E-state index contributed by atoms with van der Waals surface area (Å²) in [6.07, 6.45) is 0. The van der Waals surface area contributed by atoms with Crippen LogP contribution in [0.25, 0.3) is 0 Å². The number of rotatable bonds is 3. The zero-order chi connectivity index (χ0) is 14.7. The number of phenols is 1. The average molecular weight is 274 g/mol. The van der Waals surface area contributed by atoms with E-state index in [0.29, 0.717) is 6.54 Å². The van der Waals surface area contributed by atoms with Crippen molar-refractivity contribution in [3.8, 4) is 5.75 Å². The van der Waals surface area contributed by atoms with Crippen LogP contribution in [0.15, 0.2) is 42.5 Å². The molecular weight excluding hydrogens is 259 g/mol. The summed E-state index contributed by atoms with van der Waals surface area (Å²) in [5.74, 6) is -0.634.